The van der Waals surface area contributed by atoms with Crippen molar-refractivity contribution in [3.8, 4) is 5.75 Å². The quantitative estimate of drug-likeness (QED) is 0.864. The summed E-state index contributed by atoms with van der Waals surface area (Å²) in [5, 5.41) is 6.99. The molecule has 1 aromatic carbocycles. The summed E-state index contributed by atoms with van der Waals surface area (Å²) in [5.41, 5.74) is 2.98. The molecule has 0 radical (unpaired) electrons. The van der Waals surface area contributed by atoms with Crippen LogP contribution in [-0.2, 0) is 11.8 Å². The molecule has 1 atom stereocenters. The Kier molecular flexibility index (Phi) is 4.99. The molecule has 116 valence electrons. The highest BCUT2D eigenvalue weighted by atomic mass is 16.5. The van der Waals surface area contributed by atoms with Crippen molar-refractivity contribution in [2.24, 2.45) is 7.05 Å². The zero-order valence-corrected chi connectivity index (χ0v) is 13.3. The average molecular weight is 299 g/mol. The van der Waals surface area contributed by atoms with Crippen molar-refractivity contribution in [2.45, 2.75) is 19.9 Å². The lowest BCUT2D eigenvalue weighted by atomic mass is 10.0. The van der Waals surface area contributed by atoms with Gasteiger partial charge < -0.3 is 10.1 Å². The van der Waals surface area contributed by atoms with Gasteiger partial charge in [0, 0.05) is 30.4 Å². The van der Waals surface area contributed by atoms with Crippen LogP contribution in [0.25, 0.3) is 6.08 Å². The largest absolute Gasteiger partial charge is 0.496 e. The number of nitrogens with one attached hydrogen (secondary N) is 1. The molecule has 22 heavy (non-hydrogen) atoms. The Morgan fingerprint density at radius 1 is 1.45 bits per heavy atom. The monoisotopic (exact) mass is 299 g/mol. The molecule has 1 unspecified atom stereocenters. The summed E-state index contributed by atoms with van der Waals surface area (Å²) < 4.78 is 7.05. The maximum atomic E-state index is 12.0. The lowest BCUT2D eigenvalue weighted by molar-refractivity contribution is -0.117. The van der Waals surface area contributed by atoms with Crippen molar-refractivity contribution < 1.29 is 9.53 Å². The number of aryl methyl sites for hydroxylation is 2. The Morgan fingerprint density at radius 2 is 2.23 bits per heavy atom. The summed E-state index contributed by atoms with van der Waals surface area (Å²) in [6, 6.07) is 5.79. The highest BCUT2D eigenvalue weighted by Gasteiger charge is 2.13. The molecule has 0 aliphatic carbocycles. The number of carbonyl (C=O) groups is 1. The minimum Gasteiger partial charge on any atom is -0.496 e. The van der Waals surface area contributed by atoms with E-state index < -0.39 is 0 Å². The van der Waals surface area contributed by atoms with Gasteiger partial charge in [-0.05, 0) is 26.0 Å². The Bertz CT molecular complexity index is 689. The highest BCUT2D eigenvalue weighted by molar-refractivity contribution is 5.91. The molecule has 1 N–H and O–H groups in total. The van der Waals surface area contributed by atoms with Gasteiger partial charge in [-0.15, -0.1) is 0 Å². The lowest BCUT2D eigenvalue weighted by Gasteiger charge is -2.17. The third kappa shape index (κ3) is 3.97. The van der Waals surface area contributed by atoms with Crippen LogP contribution in [0.5, 0.6) is 5.75 Å². The Labute approximate surface area is 130 Å². The van der Waals surface area contributed by atoms with Gasteiger partial charge in [0.15, 0.2) is 0 Å². The first-order valence-corrected chi connectivity index (χ1v) is 7.11. The molecular formula is C17H21N3O2. The van der Waals surface area contributed by atoms with Gasteiger partial charge in [-0.2, -0.15) is 5.10 Å². The molecule has 1 amide bonds. The second-order valence-corrected chi connectivity index (χ2v) is 5.26. The van der Waals surface area contributed by atoms with E-state index in [1.54, 1.807) is 24.1 Å². The van der Waals surface area contributed by atoms with E-state index in [0.717, 1.165) is 22.4 Å². The van der Waals surface area contributed by atoms with Crippen LogP contribution in [0, 0.1) is 6.92 Å². The number of methoxy groups -OCH3 is 1. The second-order valence-electron chi connectivity index (χ2n) is 5.26. The molecule has 0 saturated carbocycles. The third-order valence-corrected chi connectivity index (χ3v) is 3.36. The number of aromatic nitrogens is 2. The summed E-state index contributed by atoms with van der Waals surface area (Å²) in [4.78, 5) is 12.0. The fraction of sp³-hybridized carbons (Fsp3) is 0.294. The lowest BCUT2D eigenvalue weighted by Crippen LogP contribution is -2.25. The molecule has 0 fully saturated rings. The smallest absolute Gasteiger partial charge is 0.244 e. The van der Waals surface area contributed by atoms with Gasteiger partial charge in [-0.25, -0.2) is 0 Å². The van der Waals surface area contributed by atoms with Crippen LogP contribution < -0.4 is 10.1 Å². The van der Waals surface area contributed by atoms with E-state index in [9.17, 15) is 4.79 Å². The van der Waals surface area contributed by atoms with Crippen LogP contribution in [0.2, 0.25) is 0 Å². The number of ether oxygens (including phenoxy) is 1. The van der Waals surface area contributed by atoms with Gasteiger partial charge >= 0.3 is 0 Å². The summed E-state index contributed by atoms with van der Waals surface area (Å²) in [6.07, 6.45) is 6.80. The molecule has 2 aromatic rings. The molecule has 0 saturated heterocycles. The van der Waals surface area contributed by atoms with Gasteiger partial charge in [-0.1, -0.05) is 17.7 Å². The molecule has 1 heterocycles. The summed E-state index contributed by atoms with van der Waals surface area (Å²) in [5.74, 6) is 0.620. The number of amides is 1. The number of hydrogen-bond acceptors (Lipinski definition) is 3. The van der Waals surface area contributed by atoms with E-state index in [4.69, 9.17) is 4.74 Å². The predicted octanol–water partition coefficient (Wildman–Crippen LogP) is 2.63. The van der Waals surface area contributed by atoms with Crippen molar-refractivity contribution in [2.75, 3.05) is 7.11 Å². The van der Waals surface area contributed by atoms with E-state index in [-0.39, 0.29) is 11.9 Å². The van der Waals surface area contributed by atoms with Crippen LogP contribution in [0.15, 0.2) is 36.7 Å². The molecule has 0 aliphatic rings. The van der Waals surface area contributed by atoms with Crippen LogP contribution in [0.3, 0.4) is 0 Å². The van der Waals surface area contributed by atoms with Gasteiger partial charge in [-0.3, -0.25) is 9.48 Å². The SMILES string of the molecule is COc1ccc(C)cc1C(C)NC(=O)C=Cc1cnn(C)c1. The van der Waals surface area contributed by atoms with Crippen molar-refractivity contribution in [3.63, 3.8) is 0 Å². The molecule has 0 spiro atoms. The average Bonchev–Trinajstić information content (AvgIpc) is 2.90. The first-order valence-electron chi connectivity index (χ1n) is 7.11. The zero-order valence-electron chi connectivity index (χ0n) is 13.3. The van der Waals surface area contributed by atoms with Crippen molar-refractivity contribution in [1.29, 1.82) is 0 Å². The van der Waals surface area contributed by atoms with Crippen LogP contribution in [0.1, 0.15) is 29.7 Å². The molecule has 0 bridgehead atoms. The van der Waals surface area contributed by atoms with Gasteiger partial charge in [0.05, 0.1) is 19.3 Å². The maximum Gasteiger partial charge on any atom is 0.244 e. The fourth-order valence-corrected chi connectivity index (χ4v) is 2.23. The van der Waals surface area contributed by atoms with E-state index in [1.165, 1.54) is 6.08 Å². The van der Waals surface area contributed by atoms with E-state index in [0.29, 0.717) is 0 Å². The van der Waals surface area contributed by atoms with Gasteiger partial charge in [0.2, 0.25) is 5.91 Å². The third-order valence-electron chi connectivity index (χ3n) is 3.36. The normalized spacial score (nSPS) is 12.4. The number of benzene rings is 1. The Morgan fingerprint density at radius 3 is 2.86 bits per heavy atom. The number of rotatable bonds is 5. The minimum atomic E-state index is -0.153. The topological polar surface area (TPSA) is 56.1 Å². The molecule has 1 aromatic heterocycles. The molecule has 5 heteroatoms. The molecular weight excluding hydrogens is 278 g/mol. The van der Waals surface area contributed by atoms with Crippen LogP contribution >= 0.6 is 0 Å². The maximum absolute atomic E-state index is 12.0. The second kappa shape index (κ2) is 6.93. The predicted molar refractivity (Wildman–Crippen MR) is 86.5 cm³/mol. The van der Waals surface area contributed by atoms with E-state index in [2.05, 4.69) is 10.4 Å². The summed E-state index contributed by atoms with van der Waals surface area (Å²) in [6.45, 7) is 3.95. The first kappa shape index (κ1) is 15.8. The van der Waals surface area contributed by atoms with Crippen LogP contribution in [-0.4, -0.2) is 22.8 Å². The van der Waals surface area contributed by atoms with Crippen molar-refractivity contribution in [1.82, 2.24) is 15.1 Å². The van der Waals surface area contributed by atoms with E-state index >= 15 is 0 Å². The number of nitrogens with zero attached hydrogens (tertiary/aromatic N) is 2. The van der Waals surface area contributed by atoms with Crippen LogP contribution in [0.4, 0.5) is 0 Å². The number of carbonyl (C=O) groups excluding carboxylic acids is 1. The summed E-state index contributed by atoms with van der Waals surface area (Å²) >= 11 is 0. The molecule has 5 nitrogen and oxygen atoms in total. The first-order chi connectivity index (χ1) is 10.5. The van der Waals surface area contributed by atoms with Gasteiger partial charge in [0.25, 0.3) is 0 Å². The van der Waals surface area contributed by atoms with Gasteiger partial charge in [0.1, 0.15) is 5.75 Å². The summed E-state index contributed by atoms with van der Waals surface area (Å²) in [7, 11) is 3.47. The zero-order chi connectivity index (χ0) is 16.1. The fourth-order valence-electron chi connectivity index (χ4n) is 2.23. The minimum absolute atomic E-state index is 0.138. The Balaban J connectivity index is 2.05. The highest BCUT2D eigenvalue weighted by Crippen LogP contribution is 2.25. The van der Waals surface area contributed by atoms with E-state index in [1.807, 2.05) is 45.3 Å². The number of hydrogen-bond donors (Lipinski definition) is 1. The standard InChI is InChI=1S/C17H21N3O2/c1-12-5-7-16(22-4)15(9-12)13(2)19-17(21)8-6-14-10-18-20(3)11-14/h5-11,13H,1-4H3,(H,19,21). The van der Waals surface area contributed by atoms with Crippen molar-refractivity contribution in [3.05, 3.63) is 53.4 Å². The molecule has 2 rings (SSSR count). The molecule has 0 aliphatic heterocycles. The Hall–Kier alpha value is -2.56. The van der Waals surface area contributed by atoms with Crippen molar-refractivity contribution >= 4 is 12.0 Å².